The van der Waals surface area contributed by atoms with E-state index in [0.29, 0.717) is 30.2 Å². The van der Waals surface area contributed by atoms with E-state index in [-0.39, 0.29) is 12.5 Å². The molecule has 2 atom stereocenters. The predicted octanol–water partition coefficient (Wildman–Crippen LogP) is 2.83. The van der Waals surface area contributed by atoms with Crippen molar-refractivity contribution in [3.63, 3.8) is 0 Å². The molecule has 0 radical (unpaired) electrons. The zero-order valence-corrected chi connectivity index (χ0v) is 23.0. The average molecular weight is 553 g/mol. The van der Waals surface area contributed by atoms with Crippen molar-refractivity contribution < 1.29 is 28.7 Å². The molecule has 2 aromatic carbocycles. The Hall–Kier alpha value is -3.99. The molecular weight excluding hydrogens is 520 g/mol. The lowest BCUT2D eigenvalue weighted by Crippen LogP contribution is -2.64. The zero-order chi connectivity index (χ0) is 27.9. The minimum absolute atomic E-state index is 0.245. The number of carbonyl (C=O) groups excluding carboxylic acids is 4. The van der Waals surface area contributed by atoms with E-state index in [1.807, 2.05) is 43.3 Å². The van der Waals surface area contributed by atoms with Crippen molar-refractivity contribution in [3.05, 3.63) is 65.1 Å². The number of rotatable bonds is 11. The first-order chi connectivity index (χ1) is 18.8. The number of methoxy groups -OCH3 is 2. The summed E-state index contributed by atoms with van der Waals surface area (Å²) in [5, 5.41) is 6.72. The van der Waals surface area contributed by atoms with Gasteiger partial charge in [0.05, 0.1) is 20.3 Å². The van der Waals surface area contributed by atoms with Crippen LogP contribution in [0.25, 0.3) is 0 Å². The van der Waals surface area contributed by atoms with Crippen LogP contribution < -0.4 is 20.1 Å². The number of carbonyl (C=O) groups is 4. The largest absolute Gasteiger partial charge is 0.493 e. The number of thioether (sulfide) groups is 1. The molecule has 0 spiro atoms. The monoisotopic (exact) mass is 552 g/mol. The molecule has 2 unspecified atom stereocenters. The normalized spacial score (nSPS) is 18.1. The average Bonchev–Trinajstić information content (AvgIpc) is 3.44. The van der Waals surface area contributed by atoms with E-state index in [9.17, 15) is 19.2 Å². The van der Waals surface area contributed by atoms with Crippen molar-refractivity contribution in [2.45, 2.75) is 31.1 Å². The summed E-state index contributed by atoms with van der Waals surface area (Å²) >= 11 is 1.28. The summed E-state index contributed by atoms with van der Waals surface area (Å²) in [6, 6.07) is 11.8. The lowest BCUT2D eigenvalue weighted by atomic mass is 10.1. The molecule has 1 fully saturated rings. The van der Waals surface area contributed by atoms with Gasteiger partial charge in [0.1, 0.15) is 18.3 Å². The highest BCUT2D eigenvalue weighted by molar-refractivity contribution is 8.03. The number of benzene rings is 2. The summed E-state index contributed by atoms with van der Waals surface area (Å²) in [5.74, 6) is -0.0954. The van der Waals surface area contributed by atoms with E-state index in [1.165, 1.54) is 16.7 Å². The summed E-state index contributed by atoms with van der Waals surface area (Å²) in [6.45, 7) is 1.68. The fourth-order valence-corrected chi connectivity index (χ4v) is 5.54. The third-order valence-corrected chi connectivity index (χ3v) is 7.69. The molecule has 1 saturated heterocycles. The molecule has 2 heterocycles. The molecular formula is C28H32N4O6S. The fourth-order valence-electron chi connectivity index (χ4n) is 4.47. The molecule has 206 valence electrons. The minimum atomic E-state index is -0.667. The summed E-state index contributed by atoms with van der Waals surface area (Å²) in [7, 11) is 3.11. The number of ether oxygens (including phenoxy) is 2. The number of imide groups is 1. The van der Waals surface area contributed by atoms with Crippen LogP contribution in [0.3, 0.4) is 0 Å². The van der Waals surface area contributed by atoms with Crippen molar-refractivity contribution in [2.24, 2.45) is 0 Å². The van der Waals surface area contributed by atoms with Gasteiger partial charge in [-0.1, -0.05) is 31.2 Å². The Morgan fingerprint density at radius 1 is 0.949 bits per heavy atom. The quantitative estimate of drug-likeness (QED) is 0.440. The second-order valence-corrected chi connectivity index (χ2v) is 10.2. The molecule has 10 nitrogen and oxygen atoms in total. The predicted molar refractivity (Wildman–Crippen MR) is 149 cm³/mol. The van der Waals surface area contributed by atoms with E-state index < -0.39 is 35.7 Å². The molecule has 2 aromatic rings. The van der Waals surface area contributed by atoms with E-state index >= 15 is 0 Å². The maximum absolute atomic E-state index is 13.3. The van der Waals surface area contributed by atoms with Gasteiger partial charge in [-0.25, -0.2) is 4.79 Å². The maximum atomic E-state index is 13.3. The van der Waals surface area contributed by atoms with Gasteiger partial charge < -0.3 is 25.0 Å². The molecule has 0 bridgehead atoms. The van der Waals surface area contributed by atoms with Gasteiger partial charge >= 0.3 is 6.03 Å². The minimum Gasteiger partial charge on any atom is -0.493 e. The summed E-state index contributed by atoms with van der Waals surface area (Å²) in [6.07, 6.45) is 3.15. The van der Waals surface area contributed by atoms with Crippen molar-refractivity contribution in [3.8, 4) is 11.5 Å². The lowest BCUT2D eigenvalue weighted by molar-refractivity contribution is -0.136. The highest BCUT2D eigenvalue weighted by Crippen LogP contribution is 2.34. The van der Waals surface area contributed by atoms with Gasteiger partial charge in [0.25, 0.3) is 0 Å². The first-order valence-corrected chi connectivity index (χ1v) is 13.6. The Labute approximate surface area is 231 Å². The number of fused-ring (bicyclic) bond motifs is 1. The van der Waals surface area contributed by atoms with Crippen molar-refractivity contribution in [2.75, 3.05) is 39.2 Å². The van der Waals surface area contributed by atoms with Gasteiger partial charge in [0.2, 0.25) is 17.7 Å². The first-order valence-electron chi connectivity index (χ1n) is 12.6. The topological polar surface area (TPSA) is 117 Å². The van der Waals surface area contributed by atoms with E-state index in [2.05, 4.69) is 10.6 Å². The third-order valence-electron chi connectivity index (χ3n) is 6.60. The fraction of sp³-hybridized carbons (Fsp3) is 0.357. The first kappa shape index (κ1) is 28.0. The van der Waals surface area contributed by atoms with Gasteiger partial charge in [-0.2, -0.15) is 0 Å². The number of aryl methyl sites for hydroxylation is 1. The second-order valence-electron chi connectivity index (χ2n) is 9.10. The van der Waals surface area contributed by atoms with Crippen molar-refractivity contribution >= 4 is 41.2 Å². The van der Waals surface area contributed by atoms with E-state index in [1.54, 1.807) is 31.8 Å². The molecule has 0 aliphatic carbocycles. The number of nitrogens with one attached hydrogen (secondary N) is 2. The number of nitrogens with zero attached hydrogens (tertiary/aromatic N) is 2. The number of hydrogen-bond acceptors (Lipinski definition) is 7. The zero-order valence-electron chi connectivity index (χ0n) is 22.1. The SMILES string of the molecule is CCc1ccc(NC(=O)CN2C(=O)N(CC(=O)NCCc3ccc(OC)c(OC)c3)C(=O)C3SC=CC32)cc1. The van der Waals surface area contributed by atoms with Crippen LogP contribution in [0.1, 0.15) is 18.1 Å². The molecule has 11 heteroatoms. The molecule has 2 aliphatic rings. The Kier molecular flexibility index (Phi) is 9.13. The van der Waals surface area contributed by atoms with Crippen LogP contribution in [0, 0.1) is 0 Å². The number of urea groups is 1. The Morgan fingerprint density at radius 2 is 1.67 bits per heavy atom. The standard InChI is InChI=1S/C28H32N4O6S/c1-4-18-5-8-20(9-6-18)30-25(34)17-31-21-12-14-39-26(21)27(35)32(28(31)36)16-24(33)29-13-11-19-7-10-22(37-2)23(15-19)38-3/h5-10,12,14-15,21,26H,4,11,13,16-17H2,1-3H3,(H,29,33)(H,30,34). The van der Waals surface area contributed by atoms with Crippen LogP contribution in [-0.2, 0) is 27.2 Å². The molecule has 4 rings (SSSR count). The van der Waals surface area contributed by atoms with Crippen LogP contribution in [0.2, 0.25) is 0 Å². The Bertz CT molecular complexity index is 1270. The summed E-state index contributed by atoms with van der Waals surface area (Å²) in [4.78, 5) is 54.2. The Morgan fingerprint density at radius 3 is 2.36 bits per heavy atom. The van der Waals surface area contributed by atoms with E-state index in [0.717, 1.165) is 22.4 Å². The van der Waals surface area contributed by atoms with Gasteiger partial charge in [-0.15, -0.1) is 11.8 Å². The summed E-state index contributed by atoms with van der Waals surface area (Å²) in [5.41, 5.74) is 2.69. The summed E-state index contributed by atoms with van der Waals surface area (Å²) < 4.78 is 10.5. The van der Waals surface area contributed by atoms with E-state index in [4.69, 9.17) is 9.47 Å². The van der Waals surface area contributed by atoms with Gasteiger partial charge in [0.15, 0.2) is 11.5 Å². The molecule has 2 N–H and O–H groups in total. The van der Waals surface area contributed by atoms with Gasteiger partial charge in [-0.05, 0) is 53.6 Å². The molecule has 5 amide bonds. The molecule has 0 aromatic heterocycles. The molecule has 39 heavy (non-hydrogen) atoms. The number of amides is 5. The molecule has 0 saturated carbocycles. The highest BCUT2D eigenvalue weighted by atomic mass is 32.2. The van der Waals surface area contributed by atoms with Crippen LogP contribution in [0.4, 0.5) is 10.5 Å². The smallest absolute Gasteiger partial charge is 0.328 e. The van der Waals surface area contributed by atoms with Gasteiger partial charge in [-0.3, -0.25) is 19.3 Å². The number of anilines is 1. The Balaban J connectivity index is 1.36. The number of hydrogen-bond donors (Lipinski definition) is 2. The molecule has 2 aliphatic heterocycles. The lowest BCUT2D eigenvalue weighted by Gasteiger charge is -2.40. The third kappa shape index (κ3) is 6.54. The van der Waals surface area contributed by atoms with Crippen molar-refractivity contribution in [1.29, 1.82) is 0 Å². The van der Waals surface area contributed by atoms with Crippen LogP contribution in [-0.4, -0.2) is 78.7 Å². The van der Waals surface area contributed by atoms with Crippen LogP contribution in [0.15, 0.2) is 53.9 Å². The van der Waals surface area contributed by atoms with Gasteiger partial charge in [0, 0.05) is 12.2 Å². The highest BCUT2D eigenvalue weighted by Gasteiger charge is 2.48. The second kappa shape index (κ2) is 12.7. The van der Waals surface area contributed by atoms with Crippen LogP contribution in [0.5, 0.6) is 11.5 Å². The van der Waals surface area contributed by atoms with Crippen LogP contribution >= 0.6 is 11.8 Å². The maximum Gasteiger partial charge on any atom is 0.328 e. The van der Waals surface area contributed by atoms with Crippen molar-refractivity contribution in [1.82, 2.24) is 15.1 Å².